The molecule has 0 aliphatic carbocycles. The van der Waals surface area contributed by atoms with E-state index in [0.29, 0.717) is 11.4 Å². The summed E-state index contributed by atoms with van der Waals surface area (Å²) in [4.78, 5) is 21.2. The van der Waals surface area contributed by atoms with Crippen molar-refractivity contribution in [3.05, 3.63) is 48.4 Å². The van der Waals surface area contributed by atoms with E-state index in [9.17, 15) is 13.2 Å². The van der Waals surface area contributed by atoms with Gasteiger partial charge in [0.25, 0.3) is 5.91 Å². The monoisotopic (exact) mass is 418 g/mol. The minimum Gasteiger partial charge on any atom is -0.345 e. The Morgan fingerprint density at radius 1 is 1.31 bits per heavy atom. The van der Waals surface area contributed by atoms with Crippen molar-refractivity contribution in [3.8, 4) is 11.4 Å². The van der Waals surface area contributed by atoms with Crippen LogP contribution in [0.2, 0.25) is 0 Å². The van der Waals surface area contributed by atoms with Gasteiger partial charge in [0.15, 0.2) is 0 Å². The van der Waals surface area contributed by atoms with Gasteiger partial charge in [-0.1, -0.05) is 19.0 Å². The first kappa shape index (κ1) is 20.7. The number of sulfonamides is 1. The average molecular weight is 418 g/mol. The summed E-state index contributed by atoms with van der Waals surface area (Å²) in [6, 6.07) is 4.32. The molecule has 10 nitrogen and oxygen atoms in total. The molecule has 1 unspecified atom stereocenters. The molecule has 0 radical (unpaired) electrons. The number of nitrogens with zero attached hydrogens (tertiary/aromatic N) is 4. The number of rotatable bonds is 7. The molecule has 3 heterocycles. The third-order valence-electron chi connectivity index (χ3n) is 4.37. The second kappa shape index (κ2) is 8.13. The number of pyridine rings is 1. The van der Waals surface area contributed by atoms with Crippen molar-refractivity contribution in [2.45, 2.75) is 24.8 Å². The molecular formula is C18H22N6O4S. The molecule has 29 heavy (non-hydrogen) atoms. The molecule has 0 spiro atoms. The smallest absolute Gasteiger partial charge is 0.268 e. The number of amides is 1. The number of hydrogen-bond donors (Lipinski definition) is 2. The molecule has 0 saturated heterocycles. The first-order chi connectivity index (χ1) is 13.7. The third kappa shape index (κ3) is 4.35. The van der Waals surface area contributed by atoms with Crippen LogP contribution in [-0.2, 0) is 17.1 Å². The molecule has 0 saturated carbocycles. The van der Waals surface area contributed by atoms with Crippen LogP contribution >= 0.6 is 0 Å². The Hall–Kier alpha value is -3.05. The van der Waals surface area contributed by atoms with Gasteiger partial charge in [0, 0.05) is 31.2 Å². The fraction of sp³-hybridized carbons (Fsp3) is 0.333. The van der Waals surface area contributed by atoms with Crippen LogP contribution in [0.3, 0.4) is 0 Å². The van der Waals surface area contributed by atoms with Gasteiger partial charge >= 0.3 is 0 Å². The van der Waals surface area contributed by atoms with E-state index in [1.54, 1.807) is 31.6 Å². The minimum atomic E-state index is -3.66. The quantitative estimate of drug-likeness (QED) is 0.594. The maximum absolute atomic E-state index is 12.8. The van der Waals surface area contributed by atoms with Crippen molar-refractivity contribution >= 4 is 15.9 Å². The lowest BCUT2D eigenvalue weighted by atomic mass is 10.0. The first-order valence-corrected chi connectivity index (χ1v) is 10.4. The molecule has 0 aromatic carbocycles. The highest BCUT2D eigenvalue weighted by atomic mass is 32.2. The predicted octanol–water partition coefficient (Wildman–Crippen LogP) is 1.51. The lowest BCUT2D eigenvalue weighted by Crippen LogP contribution is -2.33. The molecule has 3 aromatic heterocycles. The maximum atomic E-state index is 12.8. The Kier molecular flexibility index (Phi) is 5.80. The zero-order valence-electron chi connectivity index (χ0n) is 16.4. The second-order valence-electron chi connectivity index (χ2n) is 6.77. The third-order valence-corrected chi connectivity index (χ3v) is 5.75. The van der Waals surface area contributed by atoms with Crippen molar-refractivity contribution in [2.75, 3.05) is 7.05 Å². The van der Waals surface area contributed by atoms with Gasteiger partial charge in [0.05, 0.1) is 0 Å². The van der Waals surface area contributed by atoms with Gasteiger partial charge in [-0.2, -0.15) is 4.98 Å². The summed E-state index contributed by atoms with van der Waals surface area (Å²) in [5, 5.41) is 6.82. The molecule has 0 fully saturated rings. The zero-order chi connectivity index (χ0) is 21.2. The van der Waals surface area contributed by atoms with E-state index in [0.717, 1.165) is 0 Å². The number of carbonyl (C=O) groups is 1. The van der Waals surface area contributed by atoms with E-state index in [4.69, 9.17) is 4.52 Å². The van der Waals surface area contributed by atoms with E-state index in [-0.39, 0.29) is 22.4 Å². The molecule has 1 atom stereocenters. The summed E-state index contributed by atoms with van der Waals surface area (Å²) in [7, 11) is -0.745. The Balaban J connectivity index is 1.85. The summed E-state index contributed by atoms with van der Waals surface area (Å²) >= 11 is 0. The van der Waals surface area contributed by atoms with Gasteiger partial charge in [0.2, 0.25) is 21.7 Å². The topological polar surface area (TPSA) is 132 Å². The summed E-state index contributed by atoms with van der Waals surface area (Å²) in [5.74, 6) is 0.116. The van der Waals surface area contributed by atoms with Crippen LogP contribution in [-0.4, -0.2) is 41.1 Å². The van der Waals surface area contributed by atoms with Gasteiger partial charge < -0.3 is 14.4 Å². The summed E-state index contributed by atoms with van der Waals surface area (Å²) < 4.78 is 33.0. The van der Waals surface area contributed by atoms with Crippen LogP contribution in [0.5, 0.6) is 0 Å². The van der Waals surface area contributed by atoms with Crippen molar-refractivity contribution in [2.24, 2.45) is 13.0 Å². The standard InChI is InChI=1S/C18H22N6O4S/c1-11(2)15(18-22-16(23-28-18)12-6-5-7-20-9-12)21-17(25)14-8-13(10-24(14)4)29(26,27)19-3/h5-11,15,19H,1-4H3,(H,21,25). The highest BCUT2D eigenvalue weighted by Gasteiger charge is 2.27. The number of nitrogens with one attached hydrogen (secondary N) is 2. The number of carbonyl (C=O) groups excluding carboxylic acids is 1. The van der Waals surface area contributed by atoms with Crippen molar-refractivity contribution in [3.63, 3.8) is 0 Å². The predicted molar refractivity (Wildman–Crippen MR) is 104 cm³/mol. The van der Waals surface area contributed by atoms with Crippen LogP contribution in [0.1, 0.15) is 36.3 Å². The molecule has 3 aromatic rings. The highest BCUT2D eigenvalue weighted by Crippen LogP contribution is 2.24. The Bertz CT molecular complexity index is 1100. The minimum absolute atomic E-state index is 0.00500. The zero-order valence-corrected chi connectivity index (χ0v) is 17.3. The fourth-order valence-electron chi connectivity index (χ4n) is 2.73. The largest absolute Gasteiger partial charge is 0.345 e. The Morgan fingerprint density at radius 2 is 2.07 bits per heavy atom. The molecule has 2 N–H and O–H groups in total. The normalized spacial score (nSPS) is 12.9. The van der Waals surface area contributed by atoms with Crippen LogP contribution in [0.4, 0.5) is 0 Å². The molecule has 3 rings (SSSR count). The molecular weight excluding hydrogens is 396 g/mol. The average Bonchev–Trinajstić information content (AvgIpc) is 3.34. The summed E-state index contributed by atoms with van der Waals surface area (Å²) in [6.45, 7) is 3.81. The van der Waals surface area contributed by atoms with Crippen molar-refractivity contribution in [1.29, 1.82) is 0 Å². The molecule has 11 heteroatoms. The molecule has 0 bridgehead atoms. The SMILES string of the molecule is CNS(=O)(=O)c1cc(C(=O)NC(c2nc(-c3cccnc3)no2)C(C)C)n(C)c1. The van der Waals surface area contributed by atoms with Crippen LogP contribution in [0, 0.1) is 5.92 Å². The van der Waals surface area contributed by atoms with E-state index in [1.807, 2.05) is 13.8 Å². The highest BCUT2D eigenvalue weighted by molar-refractivity contribution is 7.89. The maximum Gasteiger partial charge on any atom is 0.268 e. The van der Waals surface area contributed by atoms with Gasteiger partial charge in [-0.25, -0.2) is 13.1 Å². The molecule has 0 aliphatic heterocycles. The number of aryl methyl sites for hydroxylation is 1. The van der Waals surface area contributed by atoms with Gasteiger partial charge in [-0.05, 0) is 31.2 Å². The van der Waals surface area contributed by atoms with E-state index in [1.165, 1.54) is 23.9 Å². The van der Waals surface area contributed by atoms with Gasteiger partial charge in [-0.3, -0.25) is 9.78 Å². The Morgan fingerprint density at radius 3 is 2.69 bits per heavy atom. The number of aromatic nitrogens is 4. The lowest BCUT2D eigenvalue weighted by Gasteiger charge is -2.18. The molecule has 154 valence electrons. The first-order valence-electron chi connectivity index (χ1n) is 8.87. The molecule has 1 amide bonds. The summed E-state index contributed by atoms with van der Waals surface area (Å²) in [5.41, 5.74) is 0.886. The van der Waals surface area contributed by atoms with Crippen molar-refractivity contribution < 1.29 is 17.7 Å². The van der Waals surface area contributed by atoms with Gasteiger partial charge in [-0.15, -0.1) is 0 Å². The second-order valence-corrected chi connectivity index (χ2v) is 8.66. The van der Waals surface area contributed by atoms with E-state index in [2.05, 4.69) is 25.2 Å². The van der Waals surface area contributed by atoms with Gasteiger partial charge in [0.1, 0.15) is 16.6 Å². The molecule has 0 aliphatic rings. The lowest BCUT2D eigenvalue weighted by molar-refractivity contribution is 0.0905. The van der Waals surface area contributed by atoms with Crippen LogP contribution < -0.4 is 10.0 Å². The number of hydrogen-bond acceptors (Lipinski definition) is 7. The van der Waals surface area contributed by atoms with E-state index < -0.39 is 22.0 Å². The van der Waals surface area contributed by atoms with E-state index >= 15 is 0 Å². The van der Waals surface area contributed by atoms with Crippen molar-refractivity contribution in [1.82, 2.24) is 29.7 Å². The van der Waals surface area contributed by atoms with Crippen LogP contribution in [0.25, 0.3) is 11.4 Å². The summed E-state index contributed by atoms with van der Waals surface area (Å²) in [6.07, 6.45) is 4.63. The van der Waals surface area contributed by atoms with Crippen LogP contribution in [0.15, 0.2) is 46.2 Å². The fourth-order valence-corrected chi connectivity index (χ4v) is 3.53. The Labute approximate surface area is 168 Å².